The minimum atomic E-state index is -0.178. The molecule has 2 rings (SSSR count). The first-order chi connectivity index (χ1) is 6.68. The van der Waals surface area contributed by atoms with Crippen LogP contribution in [-0.2, 0) is 11.2 Å². The fourth-order valence-electron chi connectivity index (χ4n) is 1.80. The molecule has 1 atom stereocenters. The highest BCUT2D eigenvalue weighted by Crippen LogP contribution is 2.22. The fraction of sp³-hybridized carbons (Fsp3) is 0.700. The number of rotatable bonds is 2. The Hall–Kier alpha value is -0.450. The largest absolute Gasteiger partial charge is 0.380 e. The van der Waals surface area contributed by atoms with Crippen LogP contribution < -0.4 is 5.73 Å². The minimum Gasteiger partial charge on any atom is -0.380 e. The molecule has 0 aromatic carbocycles. The number of hydrogen-bond donors (Lipinski definition) is 1. The highest BCUT2D eigenvalue weighted by molar-refractivity contribution is 7.09. The lowest BCUT2D eigenvalue weighted by atomic mass is 9.90. The Bertz CT molecular complexity index is 305. The second kappa shape index (κ2) is 3.96. The molecule has 2 heterocycles. The molecule has 2 N–H and O–H groups in total. The summed E-state index contributed by atoms with van der Waals surface area (Å²) in [5.74, 6) is 0. The number of thiazole rings is 1. The van der Waals surface area contributed by atoms with Crippen LogP contribution in [0.25, 0.3) is 0 Å². The summed E-state index contributed by atoms with van der Waals surface area (Å²) in [4.78, 5) is 4.43. The predicted octanol–water partition coefficient (Wildman–Crippen LogP) is 1.50. The van der Waals surface area contributed by atoms with E-state index in [1.807, 2.05) is 6.92 Å². The monoisotopic (exact) mass is 212 g/mol. The molecular formula is C10H16N2OS. The summed E-state index contributed by atoms with van der Waals surface area (Å²) in [7, 11) is 0. The molecule has 0 aliphatic carbocycles. The number of nitrogens with zero attached hydrogens (tertiary/aromatic N) is 1. The van der Waals surface area contributed by atoms with Crippen molar-refractivity contribution < 1.29 is 4.74 Å². The molecule has 14 heavy (non-hydrogen) atoms. The molecule has 0 amide bonds. The molecule has 1 saturated heterocycles. The molecule has 1 aromatic rings. The van der Waals surface area contributed by atoms with Crippen molar-refractivity contribution in [1.29, 1.82) is 0 Å². The van der Waals surface area contributed by atoms with Crippen molar-refractivity contribution in [3.05, 3.63) is 16.1 Å². The number of ether oxygens (including phenoxy) is 1. The zero-order valence-corrected chi connectivity index (χ0v) is 9.27. The number of aromatic nitrogens is 1. The maximum absolute atomic E-state index is 6.24. The lowest BCUT2D eigenvalue weighted by molar-refractivity contribution is 0.0382. The third kappa shape index (κ3) is 2.32. The first-order valence-electron chi connectivity index (χ1n) is 4.96. The Kier molecular flexibility index (Phi) is 2.85. The van der Waals surface area contributed by atoms with Gasteiger partial charge in [-0.1, -0.05) is 0 Å². The van der Waals surface area contributed by atoms with E-state index in [4.69, 9.17) is 10.5 Å². The molecule has 0 spiro atoms. The summed E-state index contributed by atoms with van der Waals surface area (Å²) >= 11 is 1.70. The summed E-state index contributed by atoms with van der Waals surface area (Å²) in [6.07, 6.45) is 2.97. The van der Waals surface area contributed by atoms with Crippen molar-refractivity contribution in [3.63, 3.8) is 0 Å². The van der Waals surface area contributed by atoms with Crippen molar-refractivity contribution in [2.24, 2.45) is 5.73 Å². The average molecular weight is 212 g/mol. The summed E-state index contributed by atoms with van der Waals surface area (Å²) in [6.45, 7) is 3.54. The van der Waals surface area contributed by atoms with E-state index in [-0.39, 0.29) is 5.54 Å². The van der Waals surface area contributed by atoms with Crippen LogP contribution in [0.5, 0.6) is 0 Å². The molecule has 78 valence electrons. The molecule has 1 aliphatic heterocycles. The maximum atomic E-state index is 6.24. The summed E-state index contributed by atoms with van der Waals surface area (Å²) < 4.78 is 5.42. The van der Waals surface area contributed by atoms with Gasteiger partial charge < -0.3 is 10.5 Å². The van der Waals surface area contributed by atoms with Gasteiger partial charge in [-0.15, -0.1) is 11.3 Å². The van der Waals surface area contributed by atoms with E-state index in [0.29, 0.717) is 6.61 Å². The van der Waals surface area contributed by atoms with E-state index >= 15 is 0 Å². The quantitative estimate of drug-likeness (QED) is 0.808. The van der Waals surface area contributed by atoms with Gasteiger partial charge in [0.1, 0.15) is 0 Å². The summed E-state index contributed by atoms with van der Waals surface area (Å²) in [5.41, 5.74) is 7.15. The molecule has 0 radical (unpaired) electrons. The zero-order chi connectivity index (χ0) is 10.0. The molecule has 4 heteroatoms. The van der Waals surface area contributed by atoms with Gasteiger partial charge in [0, 0.05) is 29.6 Å². The Morgan fingerprint density at radius 3 is 3.14 bits per heavy atom. The maximum Gasteiger partial charge on any atom is 0.0947 e. The van der Waals surface area contributed by atoms with Gasteiger partial charge >= 0.3 is 0 Å². The Morgan fingerprint density at radius 2 is 2.57 bits per heavy atom. The van der Waals surface area contributed by atoms with Crippen LogP contribution in [0.1, 0.15) is 23.5 Å². The second-order valence-electron chi connectivity index (χ2n) is 4.08. The second-order valence-corrected chi connectivity index (χ2v) is 5.02. The molecular weight excluding hydrogens is 196 g/mol. The van der Waals surface area contributed by atoms with Gasteiger partial charge in [0.25, 0.3) is 0 Å². The van der Waals surface area contributed by atoms with Crippen LogP contribution in [0, 0.1) is 6.92 Å². The standard InChI is InChI=1S/C10H16N2OS/c1-8-6-14-9(12-8)5-10(11)3-2-4-13-7-10/h6H,2-5,7,11H2,1H3. The van der Waals surface area contributed by atoms with Gasteiger partial charge in [-0.25, -0.2) is 4.98 Å². The predicted molar refractivity (Wildman–Crippen MR) is 57.5 cm³/mol. The van der Waals surface area contributed by atoms with E-state index in [0.717, 1.165) is 36.6 Å². The van der Waals surface area contributed by atoms with E-state index in [2.05, 4.69) is 10.4 Å². The van der Waals surface area contributed by atoms with Gasteiger partial charge in [0.05, 0.1) is 11.6 Å². The SMILES string of the molecule is Cc1csc(CC2(N)CCCOC2)n1. The fourth-order valence-corrected chi connectivity index (χ4v) is 2.73. The normalized spacial score (nSPS) is 27.9. The molecule has 3 nitrogen and oxygen atoms in total. The van der Waals surface area contributed by atoms with Crippen LogP contribution in [0.2, 0.25) is 0 Å². The summed E-state index contributed by atoms with van der Waals surface area (Å²) in [5, 5.41) is 3.21. The van der Waals surface area contributed by atoms with Gasteiger partial charge in [0.15, 0.2) is 0 Å². The topological polar surface area (TPSA) is 48.1 Å². The third-order valence-electron chi connectivity index (χ3n) is 2.52. The number of hydrogen-bond acceptors (Lipinski definition) is 4. The Morgan fingerprint density at radius 1 is 1.71 bits per heavy atom. The first-order valence-corrected chi connectivity index (χ1v) is 5.84. The van der Waals surface area contributed by atoms with Gasteiger partial charge in [-0.05, 0) is 19.8 Å². The smallest absolute Gasteiger partial charge is 0.0947 e. The lowest BCUT2D eigenvalue weighted by Crippen LogP contribution is -2.49. The van der Waals surface area contributed by atoms with Crippen molar-refractivity contribution >= 4 is 11.3 Å². The van der Waals surface area contributed by atoms with Crippen LogP contribution >= 0.6 is 11.3 Å². The van der Waals surface area contributed by atoms with E-state index < -0.39 is 0 Å². The van der Waals surface area contributed by atoms with Crippen LogP contribution in [-0.4, -0.2) is 23.7 Å². The van der Waals surface area contributed by atoms with Crippen molar-refractivity contribution in [2.75, 3.05) is 13.2 Å². The molecule has 1 aromatic heterocycles. The van der Waals surface area contributed by atoms with Crippen LogP contribution in [0.15, 0.2) is 5.38 Å². The summed E-state index contributed by atoms with van der Waals surface area (Å²) in [6, 6.07) is 0. The van der Waals surface area contributed by atoms with E-state index in [1.54, 1.807) is 11.3 Å². The lowest BCUT2D eigenvalue weighted by Gasteiger charge is -2.32. The van der Waals surface area contributed by atoms with Crippen LogP contribution in [0.4, 0.5) is 0 Å². The van der Waals surface area contributed by atoms with Crippen molar-refractivity contribution in [2.45, 2.75) is 31.7 Å². The minimum absolute atomic E-state index is 0.178. The van der Waals surface area contributed by atoms with Crippen LogP contribution in [0.3, 0.4) is 0 Å². The van der Waals surface area contributed by atoms with Crippen molar-refractivity contribution in [1.82, 2.24) is 4.98 Å². The van der Waals surface area contributed by atoms with E-state index in [9.17, 15) is 0 Å². The number of aryl methyl sites for hydroxylation is 1. The molecule has 1 unspecified atom stereocenters. The molecule has 0 bridgehead atoms. The Labute approximate surface area is 88.3 Å². The zero-order valence-electron chi connectivity index (χ0n) is 8.45. The third-order valence-corrected chi connectivity index (χ3v) is 3.49. The molecule has 1 aliphatic rings. The van der Waals surface area contributed by atoms with Gasteiger partial charge in [0.2, 0.25) is 0 Å². The average Bonchev–Trinajstić information content (AvgIpc) is 2.51. The number of nitrogens with two attached hydrogens (primary N) is 1. The molecule has 0 saturated carbocycles. The van der Waals surface area contributed by atoms with E-state index in [1.165, 1.54) is 0 Å². The molecule has 1 fully saturated rings. The van der Waals surface area contributed by atoms with Crippen molar-refractivity contribution in [3.8, 4) is 0 Å². The van der Waals surface area contributed by atoms with Gasteiger partial charge in [-0.3, -0.25) is 0 Å². The Balaban J connectivity index is 2.01. The van der Waals surface area contributed by atoms with Gasteiger partial charge in [-0.2, -0.15) is 0 Å². The highest BCUT2D eigenvalue weighted by Gasteiger charge is 2.29. The highest BCUT2D eigenvalue weighted by atomic mass is 32.1. The first kappa shape index (κ1) is 10.1.